The van der Waals surface area contributed by atoms with Crippen LogP contribution in [0.2, 0.25) is 0 Å². The van der Waals surface area contributed by atoms with E-state index in [9.17, 15) is 14.4 Å². The molecule has 408 valence electrons. The summed E-state index contributed by atoms with van der Waals surface area (Å²) < 4.78 is 16.9. The molecule has 0 aliphatic heterocycles. The fourth-order valence-electron chi connectivity index (χ4n) is 9.56. The first-order valence-electron chi connectivity index (χ1n) is 31.2. The monoisotopic (exact) mass is 973 g/mol. The second kappa shape index (κ2) is 58.7. The van der Waals surface area contributed by atoms with Gasteiger partial charge in [-0.2, -0.15) is 0 Å². The van der Waals surface area contributed by atoms with Crippen LogP contribution in [0.25, 0.3) is 0 Å². The molecule has 0 N–H and O–H groups in total. The summed E-state index contributed by atoms with van der Waals surface area (Å²) in [6.45, 7) is 6.68. The molecule has 0 aromatic rings. The summed E-state index contributed by atoms with van der Waals surface area (Å²) in [7, 11) is 0. The van der Waals surface area contributed by atoms with Gasteiger partial charge in [-0.1, -0.05) is 303 Å². The van der Waals surface area contributed by atoms with E-state index in [0.29, 0.717) is 19.3 Å². The molecule has 0 aliphatic rings. The molecule has 0 bridgehead atoms. The second-order valence-electron chi connectivity index (χ2n) is 21.3. The highest BCUT2D eigenvalue weighted by Crippen LogP contribution is 2.18. The molecule has 6 nitrogen and oxygen atoms in total. The van der Waals surface area contributed by atoms with E-state index in [1.165, 1.54) is 250 Å². The molecule has 0 radical (unpaired) electrons. The Bertz CT molecular complexity index is 1070. The van der Waals surface area contributed by atoms with Gasteiger partial charge in [-0.05, 0) is 44.9 Å². The Labute approximate surface area is 431 Å². The SMILES string of the molecule is CCCCCCCC/C=C\CCCCCCCC(=O)OC(COC(=O)CCCCCCCCCCCCC)COC(=O)CCCCCCCCCCCCCCCCCCCCCCCCCCC. The summed E-state index contributed by atoms with van der Waals surface area (Å²) >= 11 is 0. The molecule has 0 amide bonds. The van der Waals surface area contributed by atoms with Crippen LogP contribution in [0.5, 0.6) is 0 Å². The van der Waals surface area contributed by atoms with Crippen molar-refractivity contribution in [1.82, 2.24) is 0 Å². The van der Waals surface area contributed by atoms with E-state index in [1.807, 2.05) is 0 Å². The van der Waals surface area contributed by atoms with Crippen molar-refractivity contribution < 1.29 is 28.6 Å². The highest BCUT2D eigenvalue weighted by molar-refractivity contribution is 5.71. The van der Waals surface area contributed by atoms with Gasteiger partial charge in [-0.3, -0.25) is 14.4 Å². The molecule has 1 unspecified atom stereocenters. The third-order valence-electron chi connectivity index (χ3n) is 14.3. The van der Waals surface area contributed by atoms with E-state index in [2.05, 4.69) is 32.9 Å². The lowest BCUT2D eigenvalue weighted by Gasteiger charge is -2.18. The van der Waals surface area contributed by atoms with Gasteiger partial charge in [0.15, 0.2) is 6.10 Å². The molecule has 0 heterocycles. The Morgan fingerprint density at radius 1 is 0.275 bits per heavy atom. The van der Waals surface area contributed by atoms with Crippen LogP contribution in [0.1, 0.15) is 355 Å². The van der Waals surface area contributed by atoms with Gasteiger partial charge >= 0.3 is 17.9 Å². The topological polar surface area (TPSA) is 78.9 Å². The van der Waals surface area contributed by atoms with Gasteiger partial charge in [-0.25, -0.2) is 0 Å². The van der Waals surface area contributed by atoms with Crippen molar-refractivity contribution >= 4 is 17.9 Å². The lowest BCUT2D eigenvalue weighted by atomic mass is 10.0. The number of esters is 3. The summed E-state index contributed by atoms with van der Waals surface area (Å²) in [5.74, 6) is -0.851. The highest BCUT2D eigenvalue weighted by atomic mass is 16.6. The standard InChI is InChI=1S/C63H120O6/c1-4-7-10-13-16-19-22-24-26-27-28-29-30-31-32-33-34-35-37-38-41-44-47-50-53-56-62(65)68-59-60(58-67-61(64)55-52-49-46-43-40-21-18-15-12-9-6-3)69-63(66)57-54-51-48-45-42-39-36-25-23-20-17-14-11-8-5-2/h25,36,60H,4-24,26-35,37-59H2,1-3H3/b36-25-. The number of allylic oxidation sites excluding steroid dienone is 2. The van der Waals surface area contributed by atoms with E-state index < -0.39 is 6.10 Å². The van der Waals surface area contributed by atoms with Crippen LogP contribution in [-0.4, -0.2) is 37.2 Å². The summed E-state index contributed by atoms with van der Waals surface area (Å²) in [4.78, 5) is 38.1. The molecule has 0 saturated heterocycles. The maximum atomic E-state index is 12.8. The van der Waals surface area contributed by atoms with Crippen molar-refractivity contribution in [3.05, 3.63) is 12.2 Å². The van der Waals surface area contributed by atoms with Crippen LogP contribution >= 0.6 is 0 Å². The van der Waals surface area contributed by atoms with Crippen molar-refractivity contribution in [2.24, 2.45) is 0 Å². The van der Waals surface area contributed by atoms with Crippen LogP contribution < -0.4 is 0 Å². The predicted octanol–water partition coefficient (Wildman–Crippen LogP) is 20.9. The number of ether oxygens (including phenoxy) is 3. The Morgan fingerprint density at radius 2 is 0.478 bits per heavy atom. The fraction of sp³-hybridized carbons (Fsp3) is 0.921. The highest BCUT2D eigenvalue weighted by Gasteiger charge is 2.19. The number of carbonyl (C=O) groups is 3. The van der Waals surface area contributed by atoms with Crippen LogP contribution in [0.3, 0.4) is 0 Å². The molecule has 0 aliphatic carbocycles. The number of carbonyl (C=O) groups excluding carboxylic acids is 3. The maximum absolute atomic E-state index is 12.8. The molecule has 0 spiro atoms. The van der Waals surface area contributed by atoms with Crippen LogP contribution in [0.4, 0.5) is 0 Å². The Hall–Kier alpha value is -1.85. The third kappa shape index (κ3) is 56.9. The van der Waals surface area contributed by atoms with Gasteiger partial charge in [0.2, 0.25) is 0 Å². The van der Waals surface area contributed by atoms with Gasteiger partial charge in [0.25, 0.3) is 0 Å². The van der Waals surface area contributed by atoms with Crippen molar-refractivity contribution in [3.8, 4) is 0 Å². The van der Waals surface area contributed by atoms with Crippen LogP contribution in [-0.2, 0) is 28.6 Å². The molecular formula is C63H120O6. The largest absolute Gasteiger partial charge is 0.462 e. The summed E-state index contributed by atoms with van der Waals surface area (Å²) in [5, 5.41) is 0. The molecule has 1 atom stereocenters. The molecule has 0 fully saturated rings. The molecular weight excluding hydrogens is 853 g/mol. The molecule has 0 rings (SSSR count). The molecule has 6 heteroatoms. The molecule has 0 saturated carbocycles. The zero-order chi connectivity index (χ0) is 50.0. The van der Waals surface area contributed by atoms with E-state index in [0.717, 1.165) is 64.2 Å². The van der Waals surface area contributed by atoms with Crippen molar-refractivity contribution in [2.45, 2.75) is 361 Å². The molecule has 0 aromatic carbocycles. The number of hydrogen-bond acceptors (Lipinski definition) is 6. The first kappa shape index (κ1) is 67.1. The zero-order valence-electron chi connectivity index (χ0n) is 46.9. The average Bonchev–Trinajstić information content (AvgIpc) is 3.35. The summed E-state index contributed by atoms with van der Waals surface area (Å²) in [6, 6.07) is 0. The first-order chi connectivity index (χ1) is 34.0. The van der Waals surface area contributed by atoms with E-state index in [-0.39, 0.29) is 31.1 Å². The lowest BCUT2D eigenvalue weighted by Crippen LogP contribution is -2.30. The third-order valence-corrected chi connectivity index (χ3v) is 14.3. The van der Waals surface area contributed by atoms with E-state index in [4.69, 9.17) is 14.2 Å². The number of hydrogen-bond donors (Lipinski definition) is 0. The first-order valence-corrected chi connectivity index (χ1v) is 31.2. The average molecular weight is 974 g/mol. The molecule has 0 aromatic heterocycles. The fourth-order valence-corrected chi connectivity index (χ4v) is 9.56. The zero-order valence-corrected chi connectivity index (χ0v) is 46.9. The minimum atomic E-state index is -0.769. The van der Waals surface area contributed by atoms with Crippen LogP contribution in [0, 0.1) is 0 Å². The maximum Gasteiger partial charge on any atom is 0.306 e. The Morgan fingerprint density at radius 3 is 0.725 bits per heavy atom. The second-order valence-corrected chi connectivity index (χ2v) is 21.3. The minimum Gasteiger partial charge on any atom is -0.462 e. The normalized spacial score (nSPS) is 12.0. The minimum absolute atomic E-state index is 0.0673. The Balaban J connectivity index is 4.16. The number of unbranched alkanes of at least 4 members (excludes halogenated alkanes) is 45. The summed E-state index contributed by atoms with van der Waals surface area (Å²) in [6.07, 6.45) is 68.0. The number of rotatable bonds is 58. The molecule has 69 heavy (non-hydrogen) atoms. The summed E-state index contributed by atoms with van der Waals surface area (Å²) in [5.41, 5.74) is 0. The quantitative estimate of drug-likeness (QED) is 0.0261. The Kier molecular flexibility index (Phi) is 57.1. The van der Waals surface area contributed by atoms with Crippen molar-refractivity contribution in [2.75, 3.05) is 13.2 Å². The van der Waals surface area contributed by atoms with Crippen molar-refractivity contribution in [3.63, 3.8) is 0 Å². The van der Waals surface area contributed by atoms with Gasteiger partial charge in [0, 0.05) is 19.3 Å². The predicted molar refractivity (Wildman–Crippen MR) is 298 cm³/mol. The van der Waals surface area contributed by atoms with Gasteiger partial charge in [0.1, 0.15) is 13.2 Å². The smallest absolute Gasteiger partial charge is 0.306 e. The van der Waals surface area contributed by atoms with Gasteiger partial charge < -0.3 is 14.2 Å². The van der Waals surface area contributed by atoms with E-state index >= 15 is 0 Å². The van der Waals surface area contributed by atoms with Crippen LogP contribution in [0.15, 0.2) is 12.2 Å². The van der Waals surface area contributed by atoms with Gasteiger partial charge in [-0.15, -0.1) is 0 Å². The lowest BCUT2D eigenvalue weighted by molar-refractivity contribution is -0.167. The van der Waals surface area contributed by atoms with Crippen molar-refractivity contribution in [1.29, 1.82) is 0 Å². The van der Waals surface area contributed by atoms with Gasteiger partial charge in [0.05, 0.1) is 0 Å². The van der Waals surface area contributed by atoms with E-state index in [1.54, 1.807) is 0 Å².